The number of rotatable bonds is 2. The second-order valence-electron chi connectivity index (χ2n) is 5.51. The minimum atomic E-state index is -0.325. The fourth-order valence-electron chi connectivity index (χ4n) is 2.76. The summed E-state index contributed by atoms with van der Waals surface area (Å²) < 4.78 is 4.84. The Balaban J connectivity index is 2.05. The molecule has 2 heterocycles. The average Bonchev–Trinajstić information content (AvgIpc) is 2.84. The van der Waals surface area contributed by atoms with Gasteiger partial charge < -0.3 is 4.74 Å². The molecule has 0 radical (unpaired) electrons. The van der Waals surface area contributed by atoms with Crippen LogP contribution in [0.25, 0.3) is 10.9 Å². The van der Waals surface area contributed by atoms with Crippen molar-refractivity contribution < 1.29 is 9.53 Å². The van der Waals surface area contributed by atoms with E-state index in [4.69, 9.17) is 9.72 Å². The number of thioether (sulfide) groups is 1. The number of nitrogens with zero attached hydrogens (tertiary/aromatic N) is 2. The summed E-state index contributed by atoms with van der Waals surface area (Å²) in [4.78, 5) is 21.2. The van der Waals surface area contributed by atoms with E-state index in [0.29, 0.717) is 5.56 Å². The van der Waals surface area contributed by atoms with Crippen LogP contribution >= 0.6 is 11.8 Å². The van der Waals surface area contributed by atoms with Crippen LogP contribution in [0.15, 0.2) is 29.3 Å². The lowest BCUT2D eigenvalue weighted by molar-refractivity contribution is 0.0602. The first-order chi connectivity index (χ1) is 10.5. The Hall–Kier alpha value is -1.82. The van der Waals surface area contributed by atoms with Crippen LogP contribution in [0, 0.1) is 0 Å². The van der Waals surface area contributed by atoms with Crippen molar-refractivity contribution in [3.05, 3.63) is 35.5 Å². The summed E-state index contributed by atoms with van der Waals surface area (Å²) in [5.74, 6) is -0.325. The van der Waals surface area contributed by atoms with Gasteiger partial charge in [-0.2, -0.15) is 0 Å². The Morgan fingerprint density at radius 3 is 2.77 bits per heavy atom. The van der Waals surface area contributed by atoms with Crippen molar-refractivity contribution in [2.45, 2.75) is 25.1 Å². The summed E-state index contributed by atoms with van der Waals surface area (Å²) in [6.45, 7) is 4.13. The number of esters is 1. The van der Waals surface area contributed by atoms with Crippen molar-refractivity contribution >= 4 is 47.0 Å². The van der Waals surface area contributed by atoms with Crippen LogP contribution in [0.3, 0.4) is 0 Å². The zero-order chi connectivity index (χ0) is 15.9. The van der Waals surface area contributed by atoms with E-state index < -0.39 is 0 Å². The minimum absolute atomic E-state index is 0.223. The average molecular weight is 312 g/mol. The van der Waals surface area contributed by atoms with Gasteiger partial charge in [-0.3, -0.25) is 9.98 Å². The van der Waals surface area contributed by atoms with E-state index in [0.717, 1.165) is 27.1 Å². The molecule has 0 N–H and O–H groups in total. The molecule has 1 aromatic carbocycles. The van der Waals surface area contributed by atoms with Crippen LogP contribution in [0.1, 0.15) is 35.1 Å². The van der Waals surface area contributed by atoms with E-state index in [1.165, 1.54) is 7.11 Å². The smallest absolute Gasteiger partial charge is 0.337 e. The van der Waals surface area contributed by atoms with Crippen molar-refractivity contribution in [2.24, 2.45) is 4.99 Å². The van der Waals surface area contributed by atoms with Crippen molar-refractivity contribution in [2.75, 3.05) is 7.11 Å². The Labute approximate surface area is 134 Å². The van der Waals surface area contributed by atoms with Gasteiger partial charge in [-0.15, -0.1) is 0 Å². The molecule has 0 amide bonds. The Morgan fingerprint density at radius 1 is 1.36 bits per heavy atom. The fourth-order valence-corrected chi connectivity index (χ4v) is 3.87. The summed E-state index contributed by atoms with van der Waals surface area (Å²) in [6.07, 6.45) is 0. The number of hydrogen-bond donors (Lipinski definition) is 0. The van der Waals surface area contributed by atoms with Crippen molar-refractivity contribution in [3.63, 3.8) is 0 Å². The highest BCUT2D eigenvalue weighted by Gasteiger charge is 2.27. The van der Waals surface area contributed by atoms with E-state index in [1.54, 1.807) is 11.8 Å². The molecule has 0 saturated carbocycles. The number of benzene rings is 1. The lowest BCUT2D eigenvalue weighted by Gasteiger charge is -2.14. The van der Waals surface area contributed by atoms with Gasteiger partial charge in [-0.1, -0.05) is 29.4 Å². The molecule has 0 saturated heterocycles. The predicted molar refractivity (Wildman–Crippen MR) is 94.2 cm³/mol. The first kappa shape index (κ1) is 15.1. The molecule has 2 atom stereocenters. The summed E-state index contributed by atoms with van der Waals surface area (Å²) in [5, 5.41) is 2.37. The maximum absolute atomic E-state index is 11.8. The Morgan fingerprint density at radius 2 is 2.14 bits per heavy atom. The molecule has 1 aliphatic heterocycles. The Bertz CT molecular complexity index is 791. The van der Waals surface area contributed by atoms with Crippen LogP contribution in [0.2, 0.25) is 0 Å². The highest BCUT2D eigenvalue weighted by Crippen LogP contribution is 2.39. The second-order valence-corrected chi connectivity index (χ2v) is 6.85. The number of carbonyl (C=O) groups excluding carboxylic acids is 1. The highest BCUT2D eigenvalue weighted by atomic mass is 32.2. The summed E-state index contributed by atoms with van der Waals surface area (Å²) in [7, 11) is 3.30. The number of aliphatic imine (C=N–C) groups is 1. The normalized spacial score (nSPS) is 21.0. The molecule has 0 fully saturated rings. The topological polar surface area (TPSA) is 51.5 Å². The number of pyridine rings is 1. The zero-order valence-corrected chi connectivity index (χ0v) is 13.9. The molecular formula is C16H17BN2O2S. The standard InChI is InChI=1S/C16H17BN2O2S/c1-8-15(22-9(2)18-8)13-5-4-10-6-12(17)11(16(20)21-3)7-14(10)19-13/h4-8,15H,17H2,1-3H3. The van der Waals surface area contributed by atoms with Gasteiger partial charge in [0.15, 0.2) is 0 Å². The number of fused-ring (bicyclic) bond motifs is 1. The van der Waals surface area contributed by atoms with Crippen molar-refractivity contribution in [1.82, 2.24) is 4.98 Å². The molecular weight excluding hydrogens is 295 g/mol. The number of aromatic nitrogens is 1. The number of methoxy groups -OCH3 is 1. The maximum Gasteiger partial charge on any atom is 0.337 e. The van der Waals surface area contributed by atoms with Crippen LogP contribution in [0.5, 0.6) is 0 Å². The molecule has 1 aromatic heterocycles. The van der Waals surface area contributed by atoms with E-state index in [9.17, 15) is 4.79 Å². The van der Waals surface area contributed by atoms with Gasteiger partial charge in [0.25, 0.3) is 0 Å². The molecule has 112 valence electrons. The molecule has 0 bridgehead atoms. The van der Waals surface area contributed by atoms with Crippen LogP contribution in [-0.4, -0.2) is 37.0 Å². The van der Waals surface area contributed by atoms with E-state index in [-0.39, 0.29) is 17.3 Å². The minimum Gasteiger partial charge on any atom is -0.465 e. The third-order valence-corrected chi connectivity index (χ3v) is 5.21. The summed E-state index contributed by atoms with van der Waals surface area (Å²) in [6, 6.07) is 8.14. The molecule has 2 aromatic rings. The summed E-state index contributed by atoms with van der Waals surface area (Å²) in [5.41, 5.74) is 3.29. The largest absolute Gasteiger partial charge is 0.465 e. The predicted octanol–water partition coefficient (Wildman–Crippen LogP) is 1.87. The van der Waals surface area contributed by atoms with Gasteiger partial charge in [0.1, 0.15) is 7.85 Å². The number of ether oxygens (including phenoxy) is 1. The molecule has 4 nitrogen and oxygen atoms in total. The Kier molecular flexibility index (Phi) is 3.95. The molecule has 0 aliphatic carbocycles. The van der Waals surface area contributed by atoms with Crippen LogP contribution < -0.4 is 5.46 Å². The third kappa shape index (κ3) is 2.63. The first-order valence-electron chi connectivity index (χ1n) is 7.20. The first-order valence-corrected chi connectivity index (χ1v) is 8.08. The number of hydrogen-bond acceptors (Lipinski definition) is 5. The lowest BCUT2D eigenvalue weighted by Crippen LogP contribution is -2.17. The molecule has 2 unspecified atom stereocenters. The van der Waals surface area contributed by atoms with Gasteiger partial charge in [0.05, 0.1) is 40.2 Å². The lowest BCUT2D eigenvalue weighted by atomic mass is 9.89. The van der Waals surface area contributed by atoms with E-state index >= 15 is 0 Å². The molecule has 6 heteroatoms. The number of carbonyl (C=O) groups is 1. The van der Waals surface area contributed by atoms with Crippen LogP contribution in [0.4, 0.5) is 0 Å². The molecule has 3 rings (SSSR count). The van der Waals surface area contributed by atoms with Gasteiger partial charge in [-0.25, -0.2) is 4.79 Å². The maximum atomic E-state index is 11.8. The quantitative estimate of drug-likeness (QED) is 0.627. The van der Waals surface area contributed by atoms with Crippen molar-refractivity contribution in [3.8, 4) is 0 Å². The SMILES string of the molecule is Bc1cc2ccc(C3SC(C)=NC3C)nc2cc1C(=O)OC. The zero-order valence-electron chi connectivity index (χ0n) is 13.1. The highest BCUT2D eigenvalue weighted by molar-refractivity contribution is 8.14. The molecule has 0 spiro atoms. The second kappa shape index (κ2) is 5.76. The van der Waals surface area contributed by atoms with Crippen LogP contribution in [-0.2, 0) is 4.74 Å². The fraction of sp³-hybridized carbons (Fsp3) is 0.312. The van der Waals surface area contributed by atoms with Gasteiger partial charge in [0, 0.05) is 0 Å². The molecule has 1 aliphatic rings. The molecule has 22 heavy (non-hydrogen) atoms. The van der Waals surface area contributed by atoms with Gasteiger partial charge in [0.2, 0.25) is 0 Å². The van der Waals surface area contributed by atoms with Gasteiger partial charge in [-0.05, 0) is 31.4 Å². The third-order valence-electron chi connectivity index (χ3n) is 3.87. The van der Waals surface area contributed by atoms with E-state index in [2.05, 4.69) is 24.0 Å². The van der Waals surface area contributed by atoms with Crippen molar-refractivity contribution in [1.29, 1.82) is 0 Å². The summed E-state index contributed by atoms with van der Waals surface area (Å²) >= 11 is 1.75. The monoisotopic (exact) mass is 312 g/mol. The van der Waals surface area contributed by atoms with Gasteiger partial charge >= 0.3 is 5.97 Å². The van der Waals surface area contributed by atoms with E-state index in [1.807, 2.05) is 26.9 Å².